The molecule has 0 unspecified atom stereocenters. The van der Waals surface area contributed by atoms with Crippen LogP contribution < -0.4 is 11.3 Å². The van der Waals surface area contributed by atoms with Crippen molar-refractivity contribution in [3.8, 4) is 0 Å². The monoisotopic (exact) mass is 387 g/mol. The molecule has 0 amide bonds. The van der Waals surface area contributed by atoms with E-state index in [9.17, 15) is 9.59 Å². The minimum atomic E-state index is -0.488. The van der Waals surface area contributed by atoms with Crippen LogP contribution in [0.25, 0.3) is 11.2 Å². The molecule has 28 heavy (non-hydrogen) atoms. The molecule has 0 spiro atoms. The summed E-state index contributed by atoms with van der Waals surface area (Å²) in [6, 6.07) is 9.83. The third-order valence-corrected chi connectivity index (χ3v) is 3.75. The number of aromatic amines is 1. The number of ether oxygens (including phenoxy) is 3. The lowest BCUT2D eigenvalue weighted by atomic mass is 10.2. The van der Waals surface area contributed by atoms with Crippen LogP contribution in [0.15, 0.2) is 41.5 Å². The first-order chi connectivity index (χ1) is 13.6. The predicted octanol–water partition coefficient (Wildman–Crippen LogP) is 0.826. The van der Waals surface area contributed by atoms with Gasteiger partial charge in [-0.1, -0.05) is 30.3 Å². The molecular formula is C18H21N5O5. The van der Waals surface area contributed by atoms with Gasteiger partial charge in [0.05, 0.1) is 26.1 Å². The molecule has 0 radical (unpaired) electrons. The summed E-state index contributed by atoms with van der Waals surface area (Å²) in [5.74, 6) is -0.508. The minimum Gasteiger partial charge on any atom is -0.464 e. The van der Waals surface area contributed by atoms with Crippen LogP contribution >= 0.6 is 0 Å². The Morgan fingerprint density at radius 3 is 2.82 bits per heavy atom. The number of aromatic nitrogens is 4. The van der Waals surface area contributed by atoms with Crippen molar-refractivity contribution in [1.82, 2.24) is 19.5 Å². The molecule has 1 aromatic carbocycles. The third-order valence-electron chi connectivity index (χ3n) is 3.75. The number of benzene rings is 1. The zero-order valence-corrected chi connectivity index (χ0v) is 15.2. The van der Waals surface area contributed by atoms with E-state index in [1.54, 1.807) is 0 Å². The number of rotatable bonds is 10. The maximum absolute atomic E-state index is 11.7. The van der Waals surface area contributed by atoms with Crippen LogP contribution in [-0.2, 0) is 32.3 Å². The summed E-state index contributed by atoms with van der Waals surface area (Å²) in [7, 11) is 0. The first-order valence-corrected chi connectivity index (χ1v) is 8.69. The number of nitrogen functional groups attached to an aromatic ring is 1. The van der Waals surface area contributed by atoms with E-state index < -0.39 is 11.5 Å². The van der Waals surface area contributed by atoms with Crippen molar-refractivity contribution in [3.05, 3.63) is 52.6 Å². The molecule has 10 nitrogen and oxygen atoms in total. The zero-order chi connectivity index (χ0) is 19.8. The van der Waals surface area contributed by atoms with E-state index in [-0.39, 0.29) is 37.1 Å². The molecule has 0 aliphatic heterocycles. The summed E-state index contributed by atoms with van der Waals surface area (Å²) in [6.45, 7) is 1.02. The highest BCUT2D eigenvalue weighted by molar-refractivity contribution is 5.71. The van der Waals surface area contributed by atoms with Crippen molar-refractivity contribution in [3.63, 3.8) is 0 Å². The lowest BCUT2D eigenvalue weighted by molar-refractivity contribution is -0.150. The molecule has 0 saturated carbocycles. The summed E-state index contributed by atoms with van der Waals surface area (Å²) in [5, 5.41) is 0. The van der Waals surface area contributed by atoms with Gasteiger partial charge in [-0.2, -0.15) is 4.98 Å². The molecule has 0 aliphatic carbocycles. The van der Waals surface area contributed by atoms with Gasteiger partial charge in [0.2, 0.25) is 5.95 Å². The van der Waals surface area contributed by atoms with Crippen molar-refractivity contribution < 1.29 is 19.0 Å². The fraction of sp³-hybridized carbons (Fsp3) is 0.333. The Kier molecular flexibility index (Phi) is 6.71. The molecule has 148 valence electrons. The second kappa shape index (κ2) is 9.62. The normalized spacial score (nSPS) is 11.0. The Labute approximate surface area is 160 Å². The highest BCUT2D eigenvalue weighted by Crippen LogP contribution is 2.06. The van der Waals surface area contributed by atoms with Gasteiger partial charge >= 0.3 is 5.97 Å². The Hall–Kier alpha value is -3.24. The number of nitrogens with zero attached hydrogens (tertiary/aromatic N) is 3. The van der Waals surface area contributed by atoms with Crippen LogP contribution in [0.2, 0.25) is 0 Å². The first kappa shape index (κ1) is 19.5. The molecule has 0 aliphatic rings. The molecule has 2 aromatic heterocycles. The smallest absolute Gasteiger partial charge is 0.332 e. The SMILES string of the molecule is Nc1nc2c(ncn2COCC(=O)OCCCOCc2ccccc2)c(=O)[nH]1. The predicted molar refractivity (Wildman–Crippen MR) is 100 cm³/mol. The van der Waals surface area contributed by atoms with Gasteiger partial charge in [-0.15, -0.1) is 0 Å². The minimum absolute atomic E-state index is 0.0122. The summed E-state index contributed by atoms with van der Waals surface area (Å²) in [6.07, 6.45) is 1.98. The summed E-state index contributed by atoms with van der Waals surface area (Å²) < 4.78 is 17.4. The lowest BCUT2D eigenvalue weighted by Crippen LogP contribution is -2.16. The highest BCUT2D eigenvalue weighted by atomic mass is 16.6. The zero-order valence-electron chi connectivity index (χ0n) is 15.2. The number of carbonyl (C=O) groups excluding carboxylic acids is 1. The van der Waals surface area contributed by atoms with Gasteiger partial charge in [-0.3, -0.25) is 14.3 Å². The van der Waals surface area contributed by atoms with Gasteiger partial charge in [-0.05, 0) is 5.56 Å². The molecule has 0 atom stereocenters. The number of esters is 1. The second-order valence-corrected chi connectivity index (χ2v) is 5.93. The van der Waals surface area contributed by atoms with Gasteiger partial charge < -0.3 is 19.9 Å². The Bertz CT molecular complexity index is 969. The van der Waals surface area contributed by atoms with Gasteiger partial charge in [0.25, 0.3) is 5.56 Å². The lowest BCUT2D eigenvalue weighted by Gasteiger charge is -2.07. The molecule has 0 bridgehead atoms. The van der Waals surface area contributed by atoms with E-state index in [2.05, 4.69) is 15.0 Å². The number of nitrogens with one attached hydrogen (secondary N) is 1. The number of carbonyl (C=O) groups is 1. The highest BCUT2D eigenvalue weighted by Gasteiger charge is 2.10. The second-order valence-electron chi connectivity index (χ2n) is 5.93. The number of hydrogen-bond acceptors (Lipinski definition) is 8. The van der Waals surface area contributed by atoms with Gasteiger partial charge in [-0.25, -0.2) is 9.78 Å². The van der Waals surface area contributed by atoms with E-state index in [4.69, 9.17) is 19.9 Å². The Morgan fingerprint density at radius 2 is 2.00 bits per heavy atom. The average molecular weight is 387 g/mol. The van der Waals surface area contributed by atoms with Crippen LogP contribution in [0.3, 0.4) is 0 Å². The van der Waals surface area contributed by atoms with Crippen molar-refractivity contribution in [2.75, 3.05) is 25.6 Å². The molecule has 3 N–H and O–H groups in total. The van der Waals surface area contributed by atoms with Crippen LogP contribution in [0.1, 0.15) is 12.0 Å². The van der Waals surface area contributed by atoms with Crippen molar-refractivity contribution >= 4 is 23.1 Å². The third kappa shape index (κ3) is 5.38. The largest absolute Gasteiger partial charge is 0.464 e. The fourth-order valence-electron chi connectivity index (χ4n) is 2.45. The number of fused-ring (bicyclic) bond motifs is 1. The van der Waals surface area contributed by atoms with Crippen LogP contribution in [0.4, 0.5) is 5.95 Å². The number of imidazole rings is 1. The topological polar surface area (TPSA) is 134 Å². The fourth-order valence-corrected chi connectivity index (χ4v) is 2.45. The quantitative estimate of drug-likeness (QED) is 0.386. The number of hydrogen-bond donors (Lipinski definition) is 2. The van der Waals surface area contributed by atoms with E-state index in [0.717, 1.165) is 5.56 Å². The van der Waals surface area contributed by atoms with E-state index in [1.807, 2.05) is 30.3 Å². The van der Waals surface area contributed by atoms with Crippen molar-refractivity contribution in [2.45, 2.75) is 19.8 Å². The van der Waals surface area contributed by atoms with Crippen LogP contribution in [0, 0.1) is 0 Å². The summed E-state index contributed by atoms with van der Waals surface area (Å²) in [4.78, 5) is 33.7. The van der Waals surface area contributed by atoms with Crippen molar-refractivity contribution in [1.29, 1.82) is 0 Å². The average Bonchev–Trinajstić information content (AvgIpc) is 3.08. The number of H-pyrrole nitrogens is 1. The van der Waals surface area contributed by atoms with Gasteiger partial charge in [0.15, 0.2) is 11.2 Å². The first-order valence-electron chi connectivity index (χ1n) is 8.69. The molecular weight excluding hydrogens is 366 g/mol. The maximum atomic E-state index is 11.7. The van der Waals surface area contributed by atoms with E-state index in [1.165, 1.54) is 10.9 Å². The maximum Gasteiger partial charge on any atom is 0.332 e. The molecule has 3 aromatic rings. The summed E-state index contributed by atoms with van der Waals surface area (Å²) >= 11 is 0. The Morgan fingerprint density at radius 1 is 1.18 bits per heavy atom. The molecule has 0 fully saturated rings. The van der Waals surface area contributed by atoms with E-state index in [0.29, 0.717) is 19.6 Å². The molecule has 10 heteroatoms. The standard InChI is InChI=1S/C18H21N5O5/c19-18-21-16-15(17(25)22-18)20-11-23(16)12-27-10-14(24)28-8-4-7-26-9-13-5-2-1-3-6-13/h1-3,5-6,11H,4,7-10,12H2,(H3,19,21,22,25). The van der Waals surface area contributed by atoms with E-state index >= 15 is 0 Å². The molecule has 2 heterocycles. The van der Waals surface area contributed by atoms with Crippen molar-refractivity contribution in [2.24, 2.45) is 0 Å². The molecule has 0 saturated heterocycles. The Balaban J connectivity index is 1.31. The van der Waals surface area contributed by atoms with Gasteiger partial charge in [0, 0.05) is 6.42 Å². The van der Waals surface area contributed by atoms with Gasteiger partial charge in [0.1, 0.15) is 13.3 Å². The number of nitrogens with two attached hydrogens (primary N) is 1. The van der Waals surface area contributed by atoms with Crippen LogP contribution in [0.5, 0.6) is 0 Å². The number of anilines is 1. The summed E-state index contributed by atoms with van der Waals surface area (Å²) in [5.41, 5.74) is 6.61. The molecule has 3 rings (SSSR count). The van der Waals surface area contributed by atoms with Crippen LogP contribution in [-0.4, -0.2) is 45.3 Å².